The maximum absolute atomic E-state index is 13.7. The molecule has 18 heavy (non-hydrogen) atoms. The molecule has 1 aromatic rings. The van der Waals surface area contributed by atoms with Crippen LogP contribution in [-0.2, 0) is 11.2 Å². The van der Waals surface area contributed by atoms with E-state index < -0.39 is 25.0 Å². The monoisotopic (exact) mass is 275 g/mol. The molecule has 0 radical (unpaired) electrons. The molecule has 0 aliphatic heterocycles. The van der Waals surface area contributed by atoms with Crippen molar-refractivity contribution in [1.29, 1.82) is 0 Å². The van der Waals surface area contributed by atoms with Crippen LogP contribution in [0.5, 0.6) is 5.75 Å². The highest BCUT2D eigenvalue weighted by atomic mass is 35.5. The van der Waals surface area contributed by atoms with Gasteiger partial charge in [0.25, 0.3) is 0 Å². The van der Waals surface area contributed by atoms with E-state index in [1.807, 2.05) is 0 Å². The van der Waals surface area contributed by atoms with Crippen molar-refractivity contribution in [3.8, 4) is 5.75 Å². The molecule has 5 nitrogen and oxygen atoms in total. The van der Waals surface area contributed by atoms with Crippen molar-refractivity contribution >= 4 is 25.3 Å². The van der Waals surface area contributed by atoms with Crippen molar-refractivity contribution in [3.05, 3.63) is 28.5 Å². The highest BCUT2D eigenvalue weighted by Crippen LogP contribution is 2.29. The van der Waals surface area contributed by atoms with Gasteiger partial charge in [-0.1, -0.05) is 11.6 Å². The van der Waals surface area contributed by atoms with Crippen molar-refractivity contribution < 1.29 is 24.0 Å². The zero-order valence-corrected chi connectivity index (χ0v) is 10.4. The first-order chi connectivity index (χ1) is 8.27. The van der Waals surface area contributed by atoms with E-state index in [2.05, 4.69) is 4.65 Å². The Morgan fingerprint density at radius 3 is 2.78 bits per heavy atom. The predicted octanol–water partition coefficient (Wildman–Crippen LogP) is 0.461. The number of benzene rings is 1. The molecule has 0 bridgehead atoms. The Balaban J connectivity index is 3.05. The Bertz CT molecular complexity index is 469. The van der Waals surface area contributed by atoms with Crippen LogP contribution in [-0.4, -0.2) is 29.3 Å². The van der Waals surface area contributed by atoms with Gasteiger partial charge in [0.1, 0.15) is 17.1 Å². The van der Waals surface area contributed by atoms with Crippen LogP contribution in [0.4, 0.5) is 4.39 Å². The molecule has 0 unspecified atom stereocenters. The van der Waals surface area contributed by atoms with Gasteiger partial charge in [-0.05, 0) is 18.6 Å². The van der Waals surface area contributed by atoms with Gasteiger partial charge in [-0.3, -0.25) is 4.79 Å². The second kappa shape index (κ2) is 5.56. The van der Waals surface area contributed by atoms with Gasteiger partial charge in [-0.15, -0.1) is 0 Å². The normalized spacial score (nSPS) is 13.8. The first-order valence-electron chi connectivity index (χ1n) is 5.02. The highest BCUT2D eigenvalue weighted by molar-refractivity contribution is 6.32. The standard InChI is InChI=1S/C10H12BClFNO4/c1-10(14,9(15)16)4-5-2-6(12)8(18-11-17)3-7(5)13/h2-3,11,17H,4,14H2,1H3,(H,15,16)/t10-/m0/s1. The summed E-state index contributed by atoms with van der Waals surface area (Å²) in [7, 11) is -0.637. The zero-order valence-electron chi connectivity index (χ0n) is 9.61. The molecule has 1 aromatic carbocycles. The molecule has 0 saturated carbocycles. The third kappa shape index (κ3) is 3.35. The van der Waals surface area contributed by atoms with Crippen molar-refractivity contribution in [3.63, 3.8) is 0 Å². The molecule has 0 heterocycles. The van der Waals surface area contributed by atoms with Gasteiger partial charge >= 0.3 is 13.7 Å². The first-order valence-corrected chi connectivity index (χ1v) is 5.39. The third-order valence-electron chi connectivity index (χ3n) is 2.37. The summed E-state index contributed by atoms with van der Waals surface area (Å²) in [6.45, 7) is 1.28. The van der Waals surface area contributed by atoms with Crippen molar-refractivity contribution in [2.75, 3.05) is 0 Å². The fourth-order valence-corrected chi connectivity index (χ4v) is 1.60. The van der Waals surface area contributed by atoms with Crippen molar-refractivity contribution in [1.82, 2.24) is 0 Å². The number of hydrogen-bond donors (Lipinski definition) is 3. The smallest absolute Gasteiger partial charge is 0.504 e. The summed E-state index contributed by atoms with van der Waals surface area (Å²) in [5.41, 5.74) is 4.00. The third-order valence-corrected chi connectivity index (χ3v) is 2.66. The lowest BCUT2D eigenvalue weighted by molar-refractivity contribution is -0.142. The SMILES string of the molecule is C[C@](N)(Cc1cc(Cl)c(OBO)cc1F)C(=O)O. The average Bonchev–Trinajstić information content (AvgIpc) is 2.25. The van der Waals surface area contributed by atoms with Gasteiger partial charge < -0.3 is 20.5 Å². The van der Waals surface area contributed by atoms with Crippen LogP contribution >= 0.6 is 11.6 Å². The summed E-state index contributed by atoms with van der Waals surface area (Å²) in [6.07, 6.45) is -0.215. The molecular formula is C10H12BClFNO4. The Labute approximate surface area is 109 Å². The molecule has 98 valence electrons. The van der Waals surface area contributed by atoms with E-state index in [1.54, 1.807) is 0 Å². The van der Waals surface area contributed by atoms with E-state index in [-0.39, 0.29) is 22.8 Å². The topological polar surface area (TPSA) is 92.8 Å². The predicted molar refractivity (Wildman–Crippen MR) is 65.3 cm³/mol. The number of rotatable bonds is 5. The number of halogens is 2. The summed E-state index contributed by atoms with van der Waals surface area (Å²) in [5, 5.41) is 17.5. The van der Waals surface area contributed by atoms with Gasteiger partial charge in [-0.25, -0.2) is 4.39 Å². The van der Waals surface area contributed by atoms with Crippen LogP contribution < -0.4 is 10.4 Å². The molecule has 1 atom stereocenters. The number of carboxylic acids is 1. The van der Waals surface area contributed by atoms with E-state index in [0.717, 1.165) is 6.07 Å². The second-order valence-electron chi connectivity index (χ2n) is 4.05. The van der Waals surface area contributed by atoms with Crippen LogP contribution in [0.1, 0.15) is 12.5 Å². The summed E-state index contributed by atoms with van der Waals surface area (Å²) in [6, 6.07) is 2.21. The molecule has 0 aliphatic rings. The Kier molecular flexibility index (Phi) is 4.56. The molecule has 0 saturated heterocycles. The largest absolute Gasteiger partial charge is 0.538 e. The molecular weight excluding hydrogens is 263 g/mol. The summed E-state index contributed by atoms with van der Waals surface area (Å²) in [5.74, 6) is -1.95. The van der Waals surface area contributed by atoms with E-state index in [1.165, 1.54) is 13.0 Å². The number of hydrogen-bond acceptors (Lipinski definition) is 4. The van der Waals surface area contributed by atoms with Crippen LogP contribution in [0.2, 0.25) is 5.02 Å². The first kappa shape index (κ1) is 14.8. The lowest BCUT2D eigenvalue weighted by Gasteiger charge is -2.20. The minimum absolute atomic E-state index is 0.0190. The lowest BCUT2D eigenvalue weighted by atomic mass is 9.94. The summed E-state index contributed by atoms with van der Waals surface area (Å²) >= 11 is 5.80. The second-order valence-corrected chi connectivity index (χ2v) is 4.45. The van der Waals surface area contributed by atoms with E-state index in [0.29, 0.717) is 0 Å². The number of nitrogens with two attached hydrogens (primary N) is 1. The van der Waals surface area contributed by atoms with Gasteiger partial charge in [0.15, 0.2) is 0 Å². The fraction of sp³-hybridized carbons (Fsp3) is 0.300. The van der Waals surface area contributed by atoms with E-state index in [9.17, 15) is 9.18 Å². The Morgan fingerprint density at radius 1 is 1.67 bits per heavy atom. The van der Waals surface area contributed by atoms with Crippen LogP contribution in [0.15, 0.2) is 12.1 Å². The molecule has 8 heteroatoms. The number of carboxylic acid groups (broad SMARTS) is 1. The molecule has 4 N–H and O–H groups in total. The van der Waals surface area contributed by atoms with Crippen molar-refractivity contribution in [2.45, 2.75) is 18.9 Å². The summed E-state index contributed by atoms with van der Waals surface area (Å²) in [4.78, 5) is 10.9. The zero-order chi connectivity index (χ0) is 13.9. The molecule has 0 aromatic heterocycles. The maximum Gasteiger partial charge on any atom is 0.504 e. The molecule has 0 aliphatic carbocycles. The minimum Gasteiger partial charge on any atom is -0.538 e. The van der Waals surface area contributed by atoms with E-state index >= 15 is 0 Å². The minimum atomic E-state index is -1.59. The highest BCUT2D eigenvalue weighted by Gasteiger charge is 2.29. The van der Waals surface area contributed by atoms with Crippen LogP contribution in [0.3, 0.4) is 0 Å². The van der Waals surface area contributed by atoms with E-state index in [4.69, 9.17) is 27.5 Å². The maximum atomic E-state index is 13.7. The van der Waals surface area contributed by atoms with Gasteiger partial charge in [-0.2, -0.15) is 0 Å². The summed E-state index contributed by atoms with van der Waals surface area (Å²) < 4.78 is 18.4. The van der Waals surface area contributed by atoms with Crippen LogP contribution in [0.25, 0.3) is 0 Å². The fourth-order valence-electron chi connectivity index (χ4n) is 1.36. The molecule has 0 amide bonds. The lowest BCUT2D eigenvalue weighted by Crippen LogP contribution is -2.47. The number of carbonyl (C=O) groups is 1. The quantitative estimate of drug-likeness (QED) is 0.679. The Hall–Kier alpha value is -1.31. The van der Waals surface area contributed by atoms with Gasteiger partial charge in [0.2, 0.25) is 0 Å². The molecule has 1 rings (SSSR count). The average molecular weight is 275 g/mol. The molecule has 0 fully saturated rings. The van der Waals surface area contributed by atoms with Crippen LogP contribution in [0, 0.1) is 5.82 Å². The molecule has 0 spiro atoms. The number of aliphatic carboxylic acids is 1. The Morgan fingerprint density at radius 2 is 2.28 bits per heavy atom. The van der Waals surface area contributed by atoms with Crippen molar-refractivity contribution in [2.24, 2.45) is 5.73 Å². The van der Waals surface area contributed by atoms with Gasteiger partial charge in [0.05, 0.1) is 5.02 Å². The van der Waals surface area contributed by atoms with Gasteiger partial charge in [0, 0.05) is 12.5 Å².